The number of phenolic OH excluding ortho intramolecular Hbond substituents is 1. The minimum absolute atomic E-state index is 0.0830. The Morgan fingerprint density at radius 3 is 2.08 bits per heavy atom. The van der Waals surface area contributed by atoms with E-state index >= 15 is 0 Å². The zero-order valence-corrected chi connectivity index (χ0v) is 22.1. The van der Waals surface area contributed by atoms with Gasteiger partial charge in [0, 0.05) is 55.0 Å². The Labute approximate surface area is 232 Å². The summed E-state index contributed by atoms with van der Waals surface area (Å²) in [5.74, 6) is 2.47. The molecule has 40 heavy (non-hydrogen) atoms. The van der Waals surface area contributed by atoms with E-state index in [9.17, 15) is 23.5 Å². The molecule has 2 aliphatic heterocycles. The van der Waals surface area contributed by atoms with Crippen molar-refractivity contribution in [3.8, 4) is 17.6 Å². The quantitative estimate of drug-likeness (QED) is 0.473. The number of nitrogens with one attached hydrogen (secondary N) is 1. The molecule has 2 heterocycles. The lowest BCUT2D eigenvalue weighted by atomic mass is 9.97. The molecular formula is C32H31F2N3O3. The summed E-state index contributed by atoms with van der Waals surface area (Å²) in [6.45, 7) is 2.43. The molecule has 5 rings (SSSR count). The lowest BCUT2D eigenvalue weighted by molar-refractivity contribution is 0.0558. The number of piperidine rings is 2. The van der Waals surface area contributed by atoms with Crippen molar-refractivity contribution in [2.24, 2.45) is 0 Å². The highest BCUT2D eigenvalue weighted by molar-refractivity contribution is 5.95. The first-order valence-corrected chi connectivity index (χ1v) is 13.6. The number of likely N-dealkylation sites (tertiary alicyclic amines) is 2. The summed E-state index contributed by atoms with van der Waals surface area (Å²) < 4.78 is 28.3. The van der Waals surface area contributed by atoms with Gasteiger partial charge in [0.1, 0.15) is 11.4 Å². The first-order chi connectivity index (χ1) is 19.4. The maximum atomic E-state index is 14.2. The standard InChI is InChI=1S/C32H31F2N3O3/c33-27-12-13-28(38)30(34)29(27)32(40)37-20-16-26(17-21-37)36-18-14-25(15-19-36)35-31(39)24-10-8-23(9-11-24)7-6-22-4-2-1-3-5-22/h1-5,8-13,25-26,38H,14-21H2,(H,35,39). The van der Waals surface area contributed by atoms with Gasteiger partial charge in [-0.3, -0.25) is 9.59 Å². The molecule has 0 saturated carbocycles. The zero-order valence-electron chi connectivity index (χ0n) is 22.1. The van der Waals surface area contributed by atoms with Crippen LogP contribution in [-0.4, -0.2) is 65.0 Å². The lowest BCUT2D eigenvalue weighted by Crippen LogP contribution is -2.51. The van der Waals surface area contributed by atoms with Gasteiger partial charge in [-0.2, -0.15) is 0 Å². The molecule has 3 aromatic carbocycles. The van der Waals surface area contributed by atoms with Crippen LogP contribution >= 0.6 is 0 Å². The molecule has 2 amide bonds. The minimum atomic E-state index is -1.22. The third-order valence-corrected chi connectivity index (χ3v) is 7.69. The summed E-state index contributed by atoms with van der Waals surface area (Å²) in [6, 6.07) is 19.2. The number of hydrogen-bond acceptors (Lipinski definition) is 4. The Bertz CT molecular complexity index is 1420. The van der Waals surface area contributed by atoms with Gasteiger partial charge < -0.3 is 20.2 Å². The molecular weight excluding hydrogens is 512 g/mol. The summed E-state index contributed by atoms with van der Waals surface area (Å²) in [5.41, 5.74) is 1.68. The van der Waals surface area contributed by atoms with Crippen molar-refractivity contribution in [2.45, 2.75) is 37.8 Å². The zero-order chi connectivity index (χ0) is 28.1. The third kappa shape index (κ3) is 6.32. The number of rotatable bonds is 4. The van der Waals surface area contributed by atoms with Crippen molar-refractivity contribution in [1.82, 2.24) is 15.1 Å². The van der Waals surface area contributed by atoms with Crippen LogP contribution in [0.2, 0.25) is 0 Å². The second-order valence-electron chi connectivity index (χ2n) is 10.3. The summed E-state index contributed by atoms with van der Waals surface area (Å²) in [5, 5.41) is 12.7. The van der Waals surface area contributed by atoms with Gasteiger partial charge >= 0.3 is 0 Å². The Balaban J connectivity index is 1.08. The molecule has 6 nitrogen and oxygen atoms in total. The van der Waals surface area contributed by atoms with E-state index < -0.39 is 28.9 Å². The molecule has 2 saturated heterocycles. The molecule has 3 aromatic rings. The van der Waals surface area contributed by atoms with Crippen molar-refractivity contribution >= 4 is 11.8 Å². The fraction of sp³-hybridized carbons (Fsp3) is 0.312. The largest absolute Gasteiger partial charge is 0.505 e. The summed E-state index contributed by atoms with van der Waals surface area (Å²) in [7, 11) is 0. The molecule has 0 radical (unpaired) electrons. The van der Waals surface area contributed by atoms with Gasteiger partial charge in [0.2, 0.25) is 0 Å². The van der Waals surface area contributed by atoms with Crippen molar-refractivity contribution in [3.05, 3.63) is 101 Å². The Kier molecular flexibility index (Phi) is 8.42. The van der Waals surface area contributed by atoms with E-state index in [1.807, 2.05) is 42.5 Å². The molecule has 0 unspecified atom stereocenters. The number of benzene rings is 3. The van der Waals surface area contributed by atoms with Crippen molar-refractivity contribution < 1.29 is 23.5 Å². The maximum Gasteiger partial charge on any atom is 0.259 e. The average Bonchev–Trinajstić information content (AvgIpc) is 2.99. The van der Waals surface area contributed by atoms with Gasteiger partial charge in [0.05, 0.1) is 0 Å². The number of halogens is 2. The molecule has 0 atom stereocenters. The van der Waals surface area contributed by atoms with E-state index in [0.717, 1.165) is 49.2 Å². The van der Waals surface area contributed by atoms with Crippen LogP contribution < -0.4 is 5.32 Å². The van der Waals surface area contributed by atoms with E-state index in [1.54, 1.807) is 12.1 Å². The van der Waals surface area contributed by atoms with Gasteiger partial charge in [0.25, 0.3) is 11.8 Å². The molecule has 8 heteroatoms. The highest BCUT2D eigenvalue weighted by Crippen LogP contribution is 2.26. The van der Waals surface area contributed by atoms with Crippen LogP contribution in [0.3, 0.4) is 0 Å². The number of carbonyl (C=O) groups excluding carboxylic acids is 2. The number of nitrogens with zero attached hydrogens (tertiary/aromatic N) is 2. The summed E-state index contributed by atoms with van der Waals surface area (Å²) >= 11 is 0. The fourth-order valence-corrected chi connectivity index (χ4v) is 5.38. The van der Waals surface area contributed by atoms with Gasteiger partial charge in [-0.05, 0) is 74.2 Å². The van der Waals surface area contributed by atoms with Crippen LogP contribution in [-0.2, 0) is 0 Å². The number of aromatic hydroxyl groups is 1. The smallest absolute Gasteiger partial charge is 0.259 e. The predicted octanol–water partition coefficient (Wildman–Crippen LogP) is 4.57. The predicted molar refractivity (Wildman–Crippen MR) is 148 cm³/mol. The van der Waals surface area contributed by atoms with Crippen LogP contribution in [0.4, 0.5) is 8.78 Å². The second kappa shape index (κ2) is 12.3. The van der Waals surface area contributed by atoms with Crippen LogP contribution in [0.5, 0.6) is 5.75 Å². The van der Waals surface area contributed by atoms with E-state index in [0.29, 0.717) is 31.5 Å². The van der Waals surface area contributed by atoms with E-state index in [2.05, 4.69) is 22.1 Å². The van der Waals surface area contributed by atoms with Crippen LogP contribution in [0.1, 0.15) is 57.5 Å². The Morgan fingerprint density at radius 1 is 0.800 bits per heavy atom. The topological polar surface area (TPSA) is 72.9 Å². The molecule has 0 aromatic heterocycles. The SMILES string of the molecule is O=C(NC1CCN(C2CCN(C(=O)c3c(F)ccc(O)c3F)CC2)CC1)c1ccc(C#Cc2ccccc2)cc1. The highest BCUT2D eigenvalue weighted by Gasteiger charge is 2.32. The normalized spacial score (nSPS) is 16.7. The van der Waals surface area contributed by atoms with Crippen molar-refractivity contribution in [3.63, 3.8) is 0 Å². The second-order valence-corrected chi connectivity index (χ2v) is 10.3. The number of phenols is 1. The van der Waals surface area contributed by atoms with Gasteiger partial charge in [-0.15, -0.1) is 0 Å². The summed E-state index contributed by atoms with van der Waals surface area (Å²) in [4.78, 5) is 29.4. The van der Waals surface area contributed by atoms with Crippen LogP contribution in [0, 0.1) is 23.5 Å². The number of hydrogen-bond donors (Lipinski definition) is 2. The van der Waals surface area contributed by atoms with Crippen molar-refractivity contribution in [2.75, 3.05) is 26.2 Å². The first kappa shape index (κ1) is 27.4. The molecule has 0 bridgehead atoms. The average molecular weight is 544 g/mol. The van der Waals surface area contributed by atoms with E-state index in [-0.39, 0.29) is 18.0 Å². The molecule has 0 aliphatic carbocycles. The lowest BCUT2D eigenvalue weighted by Gasteiger charge is -2.42. The maximum absolute atomic E-state index is 14.2. The number of carbonyl (C=O) groups is 2. The highest BCUT2D eigenvalue weighted by atomic mass is 19.1. The molecule has 206 valence electrons. The Hall–Kier alpha value is -4.22. The van der Waals surface area contributed by atoms with E-state index in [1.165, 1.54) is 4.90 Å². The fourth-order valence-electron chi connectivity index (χ4n) is 5.38. The molecule has 2 aliphatic rings. The van der Waals surface area contributed by atoms with Gasteiger partial charge in [-0.1, -0.05) is 30.0 Å². The molecule has 2 N–H and O–H groups in total. The van der Waals surface area contributed by atoms with Crippen LogP contribution in [0.15, 0.2) is 66.7 Å². The van der Waals surface area contributed by atoms with Gasteiger partial charge in [0.15, 0.2) is 11.6 Å². The Morgan fingerprint density at radius 2 is 1.43 bits per heavy atom. The summed E-state index contributed by atoms with van der Waals surface area (Å²) in [6.07, 6.45) is 3.05. The van der Waals surface area contributed by atoms with E-state index in [4.69, 9.17) is 0 Å². The van der Waals surface area contributed by atoms with Gasteiger partial charge in [-0.25, -0.2) is 8.78 Å². The monoisotopic (exact) mass is 543 g/mol. The molecule has 2 fully saturated rings. The van der Waals surface area contributed by atoms with Crippen LogP contribution in [0.25, 0.3) is 0 Å². The number of amides is 2. The molecule has 0 spiro atoms. The first-order valence-electron chi connectivity index (χ1n) is 13.6. The third-order valence-electron chi connectivity index (χ3n) is 7.69. The van der Waals surface area contributed by atoms with Crippen molar-refractivity contribution in [1.29, 1.82) is 0 Å². The minimum Gasteiger partial charge on any atom is -0.505 e.